The zero-order valence-corrected chi connectivity index (χ0v) is 14.0. The van der Waals surface area contributed by atoms with Crippen LogP contribution in [0, 0.1) is 13.8 Å². The van der Waals surface area contributed by atoms with E-state index in [0.29, 0.717) is 4.58 Å². The van der Waals surface area contributed by atoms with Crippen molar-refractivity contribution in [1.29, 1.82) is 0 Å². The summed E-state index contributed by atoms with van der Waals surface area (Å²) in [5.41, 5.74) is 2.30. The summed E-state index contributed by atoms with van der Waals surface area (Å²) in [4.78, 5) is 9.34. The van der Waals surface area contributed by atoms with E-state index < -0.39 is 20.1 Å². The third-order valence-electron chi connectivity index (χ3n) is 2.74. The zero-order valence-electron chi connectivity index (χ0n) is 12.4. The highest BCUT2D eigenvalue weighted by Crippen LogP contribution is 2.67. The lowest BCUT2D eigenvalue weighted by molar-refractivity contribution is 0.958. The fraction of sp³-hybridized carbons (Fsp3) is 0.692. The molecule has 0 aromatic carbocycles. The smallest absolute Gasteiger partial charge is 0.148 e. The van der Waals surface area contributed by atoms with Gasteiger partial charge in [-0.1, -0.05) is 0 Å². The third-order valence-corrected chi connectivity index (χ3v) is 9.19. The van der Waals surface area contributed by atoms with Crippen molar-refractivity contribution in [3.8, 4) is 0 Å². The quantitative estimate of drug-likeness (QED) is 0.843. The van der Waals surface area contributed by atoms with Gasteiger partial charge in [-0.05, 0) is 56.9 Å². The molecule has 0 aliphatic heterocycles. The second-order valence-electron chi connectivity index (χ2n) is 6.19. The van der Waals surface area contributed by atoms with Gasteiger partial charge < -0.3 is 0 Å². The second-order valence-corrected chi connectivity index (χ2v) is 15.2. The van der Waals surface area contributed by atoms with E-state index in [9.17, 15) is 0 Å². The molecule has 0 spiro atoms. The van der Waals surface area contributed by atoms with Gasteiger partial charge in [0, 0.05) is 11.9 Å². The van der Waals surface area contributed by atoms with Crippen molar-refractivity contribution in [2.45, 2.75) is 18.4 Å². The molecule has 4 heteroatoms. The molecule has 1 heterocycles. The molecule has 0 radical (unpaired) electrons. The van der Waals surface area contributed by atoms with Crippen LogP contribution in [0.5, 0.6) is 0 Å². The first kappa shape index (κ1) is 14.8. The highest BCUT2D eigenvalue weighted by Gasteiger charge is 2.32. The minimum atomic E-state index is -0.693. The van der Waals surface area contributed by atoms with Crippen LogP contribution < -0.4 is 0 Å². The number of aromatic nitrogens is 2. The number of hydrogen-bond donors (Lipinski definition) is 0. The average molecular weight is 274 g/mol. The fourth-order valence-electron chi connectivity index (χ4n) is 2.16. The van der Waals surface area contributed by atoms with E-state index in [1.54, 1.807) is 0 Å². The first-order chi connectivity index (χ1) is 7.53. The average Bonchev–Trinajstić information content (AvgIpc) is 2.06. The Morgan fingerprint density at radius 2 is 1.41 bits per heavy atom. The van der Waals surface area contributed by atoms with Crippen molar-refractivity contribution in [2.75, 3.05) is 37.5 Å². The first-order valence-electron chi connectivity index (χ1n) is 5.68. The summed E-state index contributed by atoms with van der Waals surface area (Å²) in [5, 5.41) is 0. The summed E-state index contributed by atoms with van der Waals surface area (Å²) in [5.74, 6) is 1.05. The topological polar surface area (TPSA) is 25.8 Å². The lowest BCUT2D eigenvalue weighted by Crippen LogP contribution is -2.17. The van der Waals surface area contributed by atoms with Crippen LogP contribution in [0.25, 0.3) is 0 Å². The standard InChI is InChI=1S/C13H26N2S2/c1-10-9-14-12(15-11(10)2)13(16(3,4)5)17(6,7)8/h9,13H,1-8H3. The van der Waals surface area contributed by atoms with E-state index >= 15 is 0 Å². The summed E-state index contributed by atoms with van der Waals surface area (Å²) in [6.45, 7) is 4.15. The van der Waals surface area contributed by atoms with E-state index in [1.807, 2.05) is 6.20 Å². The predicted octanol–water partition coefficient (Wildman–Crippen LogP) is 3.48. The van der Waals surface area contributed by atoms with Gasteiger partial charge in [-0.15, -0.1) is 0 Å². The number of nitrogens with zero attached hydrogens (tertiary/aromatic N) is 2. The summed E-state index contributed by atoms with van der Waals surface area (Å²) in [6, 6.07) is 0. The van der Waals surface area contributed by atoms with Crippen molar-refractivity contribution in [2.24, 2.45) is 0 Å². The summed E-state index contributed by atoms with van der Waals surface area (Å²) in [6.07, 6.45) is 16.2. The SMILES string of the molecule is Cc1cnc(C(S(C)(C)C)S(C)(C)C)nc1C. The number of rotatable bonds is 3. The molecule has 1 aromatic rings. The van der Waals surface area contributed by atoms with Gasteiger partial charge in [-0.3, -0.25) is 0 Å². The van der Waals surface area contributed by atoms with Gasteiger partial charge >= 0.3 is 0 Å². The van der Waals surface area contributed by atoms with Crippen molar-refractivity contribution in [3.63, 3.8) is 0 Å². The van der Waals surface area contributed by atoms with E-state index in [1.165, 1.54) is 5.56 Å². The molecular formula is C13H26N2S2. The molecule has 0 saturated carbocycles. The molecule has 0 bridgehead atoms. The summed E-state index contributed by atoms with van der Waals surface area (Å²) in [7, 11) is -1.39. The number of hydrogen-bond acceptors (Lipinski definition) is 2. The Labute approximate surface area is 109 Å². The first-order valence-corrected chi connectivity index (χ1v) is 11.5. The maximum Gasteiger partial charge on any atom is 0.148 e. The predicted molar refractivity (Wildman–Crippen MR) is 85.0 cm³/mol. The molecule has 0 aliphatic rings. The molecule has 1 aromatic heterocycles. The lowest BCUT2D eigenvalue weighted by Gasteiger charge is -2.46. The van der Waals surface area contributed by atoms with Crippen LogP contribution in [0.15, 0.2) is 6.20 Å². The molecule has 0 N–H and O–H groups in total. The van der Waals surface area contributed by atoms with Crippen LogP contribution in [0.4, 0.5) is 0 Å². The van der Waals surface area contributed by atoms with Crippen LogP contribution in [-0.2, 0) is 0 Å². The van der Waals surface area contributed by atoms with Gasteiger partial charge in [0.05, 0.1) is 4.58 Å². The normalized spacial score (nSPS) is 15.1. The zero-order chi connectivity index (χ0) is 13.4. The molecule has 1 rings (SSSR count). The molecule has 0 saturated heterocycles. The Balaban J connectivity index is 3.29. The maximum absolute atomic E-state index is 4.74. The van der Waals surface area contributed by atoms with E-state index in [4.69, 9.17) is 4.98 Å². The van der Waals surface area contributed by atoms with Gasteiger partial charge in [0.25, 0.3) is 0 Å². The van der Waals surface area contributed by atoms with Crippen LogP contribution in [0.3, 0.4) is 0 Å². The fourth-order valence-corrected chi connectivity index (χ4v) is 10.6. The Hall–Kier alpha value is -0.220. The van der Waals surface area contributed by atoms with Crippen molar-refractivity contribution < 1.29 is 0 Å². The van der Waals surface area contributed by atoms with Crippen molar-refractivity contribution >= 4 is 20.1 Å². The molecule has 0 atom stereocenters. The summed E-state index contributed by atoms with van der Waals surface area (Å²) >= 11 is 0. The van der Waals surface area contributed by atoms with Crippen LogP contribution in [0.1, 0.15) is 21.7 Å². The maximum atomic E-state index is 4.74. The Kier molecular flexibility index (Phi) is 4.20. The Morgan fingerprint density at radius 1 is 0.941 bits per heavy atom. The van der Waals surface area contributed by atoms with E-state index in [0.717, 1.165) is 11.5 Å². The Bertz CT molecular complexity index is 389. The van der Waals surface area contributed by atoms with Gasteiger partial charge in [0.2, 0.25) is 0 Å². The van der Waals surface area contributed by atoms with E-state index in [-0.39, 0.29) is 0 Å². The van der Waals surface area contributed by atoms with Gasteiger partial charge in [-0.25, -0.2) is 30.0 Å². The van der Waals surface area contributed by atoms with E-state index in [2.05, 4.69) is 56.4 Å². The minimum absolute atomic E-state index is 0.522. The number of aryl methyl sites for hydroxylation is 2. The summed E-state index contributed by atoms with van der Waals surface area (Å²) < 4.78 is 0.522. The van der Waals surface area contributed by atoms with Gasteiger partial charge in [0.1, 0.15) is 5.82 Å². The lowest BCUT2D eigenvalue weighted by atomic mass is 10.3. The molecule has 17 heavy (non-hydrogen) atoms. The molecular weight excluding hydrogens is 248 g/mol. The monoisotopic (exact) mass is 274 g/mol. The molecule has 2 nitrogen and oxygen atoms in total. The van der Waals surface area contributed by atoms with Crippen LogP contribution in [-0.4, -0.2) is 47.5 Å². The molecule has 0 aliphatic carbocycles. The van der Waals surface area contributed by atoms with Crippen LogP contribution in [0.2, 0.25) is 0 Å². The largest absolute Gasteiger partial charge is 0.239 e. The van der Waals surface area contributed by atoms with Gasteiger partial charge in [-0.2, -0.15) is 0 Å². The van der Waals surface area contributed by atoms with Gasteiger partial charge in [0.15, 0.2) is 0 Å². The Morgan fingerprint density at radius 3 is 1.76 bits per heavy atom. The molecule has 0 amide bonds. The van der Waals surface area contributed by atoms with Crippen molar-refractivity contribution in [3.05, 3.63) is 23.3 Å². The third kappa shape index (κ3) is 3.62. The second kappa shape index (κ2) is 4.81. The highest BCUT2D eigenvalue weighted by molar-refractivity contribution is 8.47. The molecule has 100 valence electrons. The highest BCUT2D eigenvalue weighted by atomic mass is 32.3. The van der Waals surface area contributed by atoms with Crippen molar-refractivity contribution in [1.82, 2.24) is 9.97 Å². The van der Waals surface area contributed by atoms with Crippen LogP contribution >= 0.6 is 20.1 Å². The molecule has 0 unspecified atom stereocenters. The minimum Gasteiger partial charge on any atom is -0.239 e. The molecule has 0 fully saturated rings.